The number of ether oxygens (including phenoxy) is 1. The fourth-order valence-electron chi connectivity index (χ4n) is 2.84. The summed E-state index contributed by atoms with van der Waals surface area (Å²) in [5.41, 5.74) is 0.736. The van der Waals surface area contributed by atoms with Crippen molar-refractivity contribution in [2.75, 3.05) is 26.2 Å². The number of carbonyl (C=O) groups is 1. The molecule has 1 aromatic carbocycles. The number of hydrogen-bond acceptors (Lipinski definition) is 3. The predicted octanol–water partition coefficient (Wildman–Crippen LogP) is 3.78. The van der Waals surface area contributed by atoms with Gasteiger partial charge in [-0.2, -0.15) is 0 Å². The van der Waals surface area contributed by atoms with Gasteiger partial charge >= 0.3 is 0 Å². The minimum atomic E-state index is 0.0936. The van der Waals surface area contributed by atoms with E-state index in [-0.39, 0.29) is 5.78 Å². The van der Waals surface area contributed by atoms with Gasteiger partial charge in [-0.3, -0.25) is 4.79 Å². The van der Waals surface area contributed by atoms with Crippen LogP contribution in [0.3, 0.4) is 0 Å². The Kier molecular flexibility index (Phi) is 6.24. The van der Waals surface area contributed by atoms with E-state index in [0.717, 1.165) is 24.5 Å². The molecule has 0 bridgehead atoms. The van der Waals surface area contributed by atoms with Crippen LogP contribution in [0.4, 0.5) is 0 Å². The van der Waals surface area contributed by atoms with Crippen LogP contribution < -0.4 is 4.74 Å². The first kappa shape index (κ1) is 16.0. The number of likely N-dealkylation sites (tertiary alicyclic amines) is 1. The monoisotopic (exact) mass is 289 g/mol. The van der Waals surface area contributed by atoms with Crippen LogP contribution in [0.1, 0.15) is 49.9 Å². The van der Waals surface area contributed by atoms with E-state index in [9.17, 15) is 4.79 Å². The van der Waals surface area contributed by atoms with Gasteiger partial charge in [-0.25, -0.2) is 0 Å². The lowest BCUT2D eigenvalue weighted by molar-refractivity contribution is 0.101. The van der Waals surface area contributed by atoms with Gasteiger partial charge in [0, 0.05) is 18.0 Å². The second-order valence-corrected chi connectivity index (χ2v) is 6.21. The number of carbonyl (C=O) groups excluding carboxylic acids is 1. The van der Waals surface area contributed by atoms with Gasteiger partial charge in [0.25, 0.3) is 0 Å². The van der Waals surface area contributed by atoms with Crippen LogP contribution in [0, 0.1) is 5.92 Å². The first-order valence-electron chi connectivity index (χ1n) is 8.11. The highest BCUT2D eigenvalue weighted by Crippen LogP contribution is 2.15. The topological polar surface area (TPSA) is 29.5 Å². The van der Waals surface area contributed by atoms with Crippen LogP contribution in [0.25, 0.3) is 0 Å². The maximum absolute atomic E-state index is 11.2. The molecule has 0 amide bonds. The smallest absolute Gasteiger partial charge is 0.159 e. The van der Waals surface area contributed by atoms with Gasteiger partial charge in [-0.1, -0.05) is 19.8 Å². The van der Waals surface area contributed by atoms with Gasteiger partial charge in [-0.05, 0) is 57.1 Å². The zero-order chi connectivity index (χ0) is 15.1. The van der Waals surface area contributed by atoms with Crippen molar-refractivity contribution in [2.45, 2.75) is 39.5 Å². The molecule has 1 unspecified atom stereocenters. The third kappa shape index (κ3) is 5.50. The first-order valence-corrected chi connectivity index (χ1v) is 8.11. The molecule has 0 radical (unpaired) electrons. The molecular formula is C18H27NO2. The van der Waals surface area contributed by atoms with E-state index in [0.29, 0.717) is 5.92 Å². The summed E-state index contributed by atoms with van der Waals surface area (Å²) in [5, 5.41) is 0. The van der Waals surface area contributed by atoms with Gasteiger partial charge in [0.05, 0.1) is 6.61 Å². The van der Waals surface area contributed by atoms with Crippen LogP contribution in [0.2, 0.25) is 0 Å². The molecule has 0 saturated carbocycles. The third-order valence-corrected chi connectivity index (χ3v) is 4.06. The summed E-state index contributed by atoms with van der Waals surface area (Å²) in [6, 6.07) is 7.43. The van der Waals surface area contributed by atoms with Gasteiger partial charge < -0.3 is 9.64 Å². The number of Topliss-reactive ketones (excluding diaryl/α,β-unsaturated/α-hetero) is 1. The van der Waals surface area contributed by atoms with Crippen LogP contribution in [0.15, 0.2) is 24.3 Å². The number of benzene rings is 1. The van der Waals surface area contributed by atoms with E-state index < -0.39 is 0 Å². The average Bonchev–Trinajstić information content (AvgIpc) is 2.74. The highest BCUT2D eigenvalue weighted by Gasteiger charge is 2.13. The van der Waals surface area contributed by atoms with Crippen molar-refractivity contribution in [2.24, 2.45) is 5.92 Å². The molecule has 0 aliphatic carbocycles. The molecule has 2 rings (SSSR count). The zero-order valence-corrected chi connectivity index (χ0v) is 13.3. The minimum Gasteiger partial charge on any atom is -0.493 e. The summed E-state index contributed by atoms with van der Waals surface area (Å²) >= 11 is 0. The lowest BCUT2D eigenvalue weighted by atomic mass is 10.1. The van der Waals surface area contributed by atoms with Gasteiger partial charge in [0.15, 0.2) is 5.78 Å². The Labute approximate surface area is 128 Å². The van der Waals surface area contributed by atoms with E-state index in [2.05, 4.69) is 11.8 Å². The molecule has 1 atom stereocenters. The largest absolute Gasteiger partial charge is 0.493 e. The van der Waals surface area contributed by atoms with E-state index >= 15 is 0 Å². The molecule has 0 spiro atoms. The lowest BCUT2D eigenvalue weighted by Gasteiger charge is -2.24. The number of hydrogen-bond donors (Lipinski definition) is 0. The predicted molar refractivity (Wildman–Crippen MR) is 86.0 cm³/mol. The van der Waals surface area contributed by atoms with Crippen LogP contribution in [-0.4, -0.2) is 36.9 Å². The molecule has 3 nitrogen and oxygen atoms in total. The van der Waals surface area contributed by atoms with Crippen LogP contribution in [0.5, 0.6) is 5.75 Å². The first-order chi connectivity index (χ1) is 10.1. The summed E-state index contributed by atoms with van der Waals surface area (Å²) in [4.78, 5) is 13.8. The van der Waals surface area contributed by atoms with Crippen molar-refractivity contribution < 1.29 is 9.53 Å². The quantitative estimate of drug-likeness (QED) is 0.746. The maximum Gasteiger partial charge on any atom is 0.159 e. The Balaban J connectivity index is 1.75. The molecule has 3 heteroatoms. The summed E-state index contributed by atoms with van der Waals surface area (Å²) in [5.74, 6) is 1.47. The van der Waals surface area contributed by atoms with Crippen molar-refractivity contribution in [1.29, 1.82) is 0 Å². The van der Waals surface area contributed by atoms with Crippen molar-refractivity contribution in [1.82, 2.24) is 4.90 Å². The Morgan fingerprint density at radius 2 is 1.76 bits per heavy atom. The number of rotatable bonds is 6. The van der Waals surface area contributed by atoms with Crippen LogP contribution in [-0.2, 0) is 0 Å². The molecule has 1 fully saturated rings. The van der Waals surface area contributed by atoms with E-state index in [4.69, 9.17) is 4.74 Å². The summed E-state index contributed by atoms with van der Waals surface area (Å²) in [7, 11) is 0. The van der Waals surface area contributed by atoms with Crippen molar-refractivity contribution in [3.05, 3.63) is 29.8 Å². The van der Waals surface area contributed by atoms with Gasteiger partial charge in [0.2, 0.25) is 0 Å². The van der Waals surface area contributed by atoms with Crippen molar-refractivity contribution in [3.8, 4) is 5.75 Å². The summed E-state index contributed by atoms with van der Waals surface area (Å²) in [6.07, 6.45) is 5.42. The van der Waals surface area contributed by atoms with Gasteiger partial charge in [-0.15, -0.1) is 0 Å². The average molecular weight is 289 g/mol. The Morgan fingerprint density at radius 3 is 2.33 bits per heavy atom. The molecule has 1 saturated heterocycles. The SMILES string of the molecule is CC(=O)c1ccc(OCC(C)CN2CCCCCC2)cc1. The maximum atomic E-state index is 11.2. The number of nitrogens with zero attached hydrogens (tertiary/aromatic N) is 1. The fourth-order valence-corrected chi connectivity index (χ4v) is 2.84. The zero-order valence-electron chi connectivity index (χ0n) is 13.3. The highest BCUT2D eigenvalue weighted by molar-refractivity contribution is 5.94. The molecule has 0 aromatic heterocycles. The molecule has 1 heterocycles. The fraction of sp³-hybridized carbons (Fsp3) is 0.611. The van der Waals surface area contributed by atoms with E-state index in [1.807, 2.05) is 24.3 Å². The second-order valence-electron chi connectivity index (χ2n) is 6.21. The molecule has 116 valence electrons. The van der Waals surface area contributed by atoms with Crippen molar-refractivity contribution >= 4 is 5.78 Å². The standard InChI is InChI=1S/C18H27NO2/c1-15(13-19-11-5-3-4-6-12-19)14-21-18-9-7-17(8-10-18)16(2)20/h7-10,15H,3-6,11-14H2,1-2H3. The molecule has 21 heavy (non-hydrogen) atoms. The molecule has 1 aromatic rings. The summed E-state index contributed by atoms with van der Waals surface area (Å²) in [6.45, 7) is 8.14. The third-order valence-electron chi connectivity index (χ3n) is 4.06. The molecule has 1 aliphatic heterocycles. The van der Waals surface area contributed by atoms with E-state index in [1.54, 1.807) is 6.92 Å². The molecular weight excluding hydrogens is 262 g/mol. The van der Waals surface area contributed by atoms with Crippen LogP contribution >= 0.6 is 0 Å². The Bertz CT molecular complexity index is 433. The Morgan fingerprint density at radius 1 is 1.14 bits per heavy atom. The number of ketones is 1. The minimum absolute atomic E-state index is 0.0936. The molecule has 1 aliphatic rings. The molecule has 0 N–H and O–H groups in total. The second kappa shape index (κ2) is 8.18. The summed E-state index contributed by atoms with van der Waals surface area (Å²) < 4.78 is 5.84. The van der Waals surface area contributed by atoms with Gasteiger partial charge in [0.1, 0.15) is 5.75 Å². The lowest BCUT2D eigenvalue weighted by Crippen LogP contribution is -2.31. The van der Waals surface area contributed by atoms with E-state index in [1.165, 1.54) is 38.8 Å². The highest BCUT2D eigenvalue weighted by atomic mass is 16.5. The Hall–Kier alpha value is -1.35. The normalized spacial score (nSPS) is 18.0. The van der Waals surface area contributed by atoms with Crippen molar-refractivity contribution in [3.63, 3.8) is 0 Å².